The number of aromatic nitrogens is 4. The first-order valence-corrected chi connectivity index (χ1v) is 13.9. The number of carbonyl (C=O) groups excluding carboxylic acids is 1. The van der Waals surface area contributed by atoms with E-state index < -0.39 is 5.82 Å². The lowest BCUT2D eigenvalue weighted by atomic mass is 9.86. The molecule has 0 saturated carbocycles. The molecule has 1 unspecified atom stereocenters. The number of H-pyrrole nitrogens is 1. The van der Waals surface area contributed by atoms with Gasteiger partial charge in [0.1, 0.15) is 5.82 Å². The van der Waals surface area contributed by atoms with Crippen LogP contribution >= 0.6 is 0 Å². The van der Waals surface area contributed by atoms with Crippen molar-refractivity contribution < 1.29 is 9.18 Å². The number of amides is 1. The highest BCUT2D eigenvalue weighted by Gasteiger charge is 2.22. The average Bonchev–Trinajstić information content (AvgIpc) is 3.54. The van der Waals surface area contributed by atoms with Crippen LogP contribution in [0.3, 0.4) is 0 Å². The first kappa shape index (κ1) is 28.4. The van der Waals surface area contributed by atoms with E-state index >= 15 is 0 Å². The molecule has 3 N–H and O–H groups in total. The Labute approximate surface area is 244 Å². The van der Waals surface area contributed by atoms with Gasteiger partial charge in [0.05, 0.1) is 17.8 Å². The molecule has 1 heterocycles. The summed E-state index contributed by atoms with van der Waals surface area (Å²) in [6.07, 6.45) is 1.81. The van der Waals surface area contributed by atoms with Gasteiger partial charge in [-0.3, -0.25) is 4.79 Å². The summed E-state index contributed by atoms with van der Waals surface area (Å²) in [6, 6.07) is 28.3. The molecule has 8 heteroatoms. The highest BCUT2D eigenvalue weighted by Crippen LogP contribution is 2.42. The normalized spacial score (nSPS) is 11.7. The summed E-state index contributed by atoms with van der Waals surface area (Å²) in [4.78, 5) is 13.4. The van der Waals surface area contributed by atoms with Gasteiger partial charge in [-0.2, -0.15) is 5.21 Å². The summed E-state index contributed by atoms with van der Waals surface area (Å²) in [6.45, 7) is 9.11. The molecule has 0 aliphatic carbocycles. The zero-order valence-electron chi connectivity index (χ0n) is 23.6. The van der Waals surface area contributed by atoms with Crippen molar-refractivity contribution in [1.82, 2.24) is 20.6 Å². The Kier molecular flexibility index (Phi) is 8.82. The highest BCUT2D eigenvalue weighted by atomic mass is 19.1. The van der Waals surface area contributed by atoms with E-state index in [9.17, 15) is 9.18 Å². The second kappa shape index (κ2) is 13.0. The Hall–Kier alpha value is -5.11. The molecule has 1 amide bonds. The number of anilines is 2. The number of halogens is 1. The predicted octanol–water partition coefficient (Wildman–Crippen LogP) is 7.24. The van der Waals surface area contributed by atoms with Crippen LogP contribution in [0.4, 0.5) is 15.8 Å². The second-order valence-corrected chi connectivity index (χ2v) is 10.5. The monoisotopic (exact) mass is 560 g/mol. The molecule has 0 saturated heterocycles. The number of allylic oxidation sites excluding steroid dienone is 1. The van der Waals surface area contributed by atoms with Gasteiger partial charge in [0.25, 0.3) is 0 Å². The maximum absolute atomic E-state index is 14.4. The Bertz CT molecular complexity index is 1670. The fraction of sp³-hybridized carbons (Fsp3) is 0.176. The van der Waals surface area contributed by atoms with Crippen molar-refractivity contribution in [2.24, 2.45) is 5.92 Å². The molecule has 0 aliphatic rings. The molecule has 4 aromatic carbocycles. The van der Waals surface area contributed by atoms with Crippen LogP contribution < -0.4 is 10.6 Å². The van der Waals surface area contributed by atoms with Crippen molar-refractivity contribution in [1.29, 1.82) is 0 Å². The zero-order valence-corrected chi connectivity index (χ0v) is 23.6. The van der Waals surface area contributed by atoms with Crippen LogP contribution in [0.1, 0.15) is 36.5 Å². The van der Waals surface area contributed by atoms with E-state index in [0.717, 1.165) is 33.5 Å². The lowest BCUT2D eigenvalue weighted by Gasteiger charge is -2.25. The summed E-state index contributed by atoms with van der Waals surface area (Å²) >= 11 is 0. The molecule has 0 radical (unpaired) electrons. The van der Waals surface area contributed by atoms with Gasteiger partial charge in [-0.15, -0.1) is 16.8 Å². The summed E-state index contributed by atoms with van der Waals surface area (Å²) in [7, 11) is 0. The predicted molar refractivity (Wildman–Crippen MR) is 166 cm³/mol. The van der Waals surface area contributed by atoms with Crippen molar-refractivity contribution in [2.75, 3.05) is 17.2 Å². The van der Waals surface area contributed by atoms with Gasteiger partial charge < -0.3 is 10.6 Å². The lowest BCUT2D eigenvalue weighted by molar-refractivity contribution is -0.115. The van der Waals surface area contributed by atoms with Gasteiger partial charge in [-0.25, -0.2) is 4.39 Å². The van der Waals surface area contributed by atoms with Crippen molar-refractivity contribution in [3.05, 3.63) is 126 Å². The van der Waals surface area contributed by atoms with Crippen LogP contribution in [0.25, 0.3) is 22.5 Å². The van der Waals surface area contributed by atoms with E-state index in [1.54, 1.807) is 18.2 Å². The maximum Gasteiger partial charge on any atom is 0.228 e. The number of carbonyl (C=O) groups is 1. The molecular weight excluding hydrogens is 527 g/mol. The minimum atomic E-state index is -0.412. The van der Waals surface area contributed by atoms with Crippen LogP contribution in [-0.4, -0.2) is 33.1 Å². The minimum Gasteiger partial charge on any atom is -0.383 e. The minimum absolute atomic E-state index is 0.0983. The second-order valence-electron chi connectivity index (χ2n) is 10.5. The van der Waals surface area contributed by atoms with Gasteiger partial charge in [0.2, 0.25) is 11.7 Å². The maximum atomic E-state index is 14.4. The van der Waals surface area contributed by atoms with E-state index in [-0.39, 0.29) is 18.2 Å². The Morgan fingerprint density at radius 3 is 2.38 bits per heavy atom. The summed E-state index contributed by atoms with van der Waals surface area (Å²) in [5.74, 6) is -0.109. The fourth-order valence-electron chi connectivity index (χ4n) is 4.99. The number of hydrogen-bond donors (Lipinski definition) is 3. The van der Waals surface area contributed by atoms with Gasteiger partial charge in [0.15, 0.2) is 0 Å². The first-order valence-electron chi connectivity index (χ1n) is 13.9. The highest BCUT2D eigenvalue weighted by molar-refractivity contribution is 5.98. The van der Waals surface area contributed by atoms with E-state index in [4.69, 9.17) is 0 Å². The summed E-state index contributed by atoms with van der Waals surface area (Å²) in [5.41, 5.74) is 6.24. The number of tetrazole rings is 1. The van der Waals surface area contributed by atoms with Crippen molar-refractivity contribution in [2.45, 2.75) is 26.2 Å². The topological polar surface area (TPSA) is 95.6 Å². The molecule has 0 fully saturated rings. The first-order chi connectivity index (χ1) is 20.4. The van der Waals surface area contributed by atoms with Crippen LogP contribution in [0.15, 0.2) is 104 Å². The molecule has 0 bridgehead atoms. The van der Waals surface area contributed by atoms with Crippen LogP contribution in [0, 0.1) is 11.7 Å². The third kappa shape index (κ3) is 6.44. The largest absolute Gasteiger partial charge is 0.383 e. The van der Waals surface area contributed by atoms with Crippen molar-refractivity contribution in [3.8, 4) is 22.5 Å². The van der Waals surface area contributed by atoms with E-state index in [1.165, 1.54) is 6.07 Å². The van der Waals surface area contributed by atoms with Crippen molar-refractivity contribution >= 4 is 17.3 Å². The fourth-order valence-corrected chi connectivity index (χ4v) is 4.99. The Balaban J connectivity index is 1.69. The summed E-state index contributed by atoms with van der Waals surface area (Å²) in [5, 5.41) is 21.4. The smallest absolute Gasteiger partial charge is 0.228 e. The number of benzene rings is 4. The average molecular weight is 561 g/mol. The van der Waals surface area contributed by atoms with Gasteiger partial charge in [-0.05, 0) is 57.1 Å². The number of nitrogens with one attached hydrogen (secondary N) is 3. The van der Waals surface area contributed by atoms with Crippen molar-refractivity contribution in [3.63, 3.8) is 0 Å². The quantitative estimate of drug-likeness (QED) is 0.148. The number of nitrogens with zero attached hydrogens (tertiary/aromatic N) is 3. The van der Waals surface area contributed by atoms with Gasteiger partial charge in [-0.1, -0.05) is 92.7 Å². The summed E-state index contributed by atoms with van der Waals surface area (Å²) < 4.78 is 14.4. The third-order valence-electron chi connectivity index (χ3n) is 6.99. The molecule has 212 valence electrons. The van der Waals surface area contributed by atoms with E-state index in [2.05, 4.69) is 69.9 Å². The SMILES string of the molecule is C=CC(c1ccccc1)c1cc(-c2ccccc2-c2nn[nH]n2)cc(NC(=O)Cc2ccccc2F)c1NCC(C)C. The Morgan fingerprint density at radius 1 is 0.976 bits per heavy atom. The number of rotatable bonds is 11. The molecular formula is C34H33FN6O. The van der Waals surface area contributed by atoms with E-state index in [1.807, 2.05) is 54.6 Å². The van der Waals surface area contributed by atoms with Crippen LogP contribution in [-0.2, 0) is 11.2 Å². The molecule has 7 nitrogen and oxygen atoms in total. The zero-order chi connectivity index (χ0) is 29.5. The van der Waals surface area contributed by atoms with Crippen LogP contribution in [0.2, 0.25) is 0 Å². The lowest BCUT2D eigenvalue weighted by Crippen LogP contribution is -2.19. The van der Waals surface area contributed by atoms with Crippen LogP contribution in [0.5, 0.6) is 0 Å². The number of aromatic amines is 1. The standard InChI is InChI=1S/C34H33FN6O/c1-4-26(23-12-6-5-7-13-23)29-18-25(27-15-9-10-16-28(27)34-38-40-41-39-34)19-31(33(29)36-21-22(2)3)37-32(42)20-24-14-8-11-17-30(24)35/h4-19,22,26,36H,1,20-21H2,2-3H3,(H,37,42)(H,38,39,40,41). The van der Waals surface area contributed by atoms with Gasteiger partial charge in [0, 0.05) is 18.0 Å². The molecule has 0 aliphatic heterocycles. The molecule has 5 aromatic rings. The Morgan fingerprint density at radius 2 is 1.69 bits per heavy atom. The third-order valence-corrected chi connectivity index (χ3v) is 6.99. The molecule has 1 aromatic heterocycles. The van der Waals surface area contributed by atoms with E-state index in [0.29, 0.717) is 29.5 Å². The molecule has 42 heavy (non-hydrogen) atoms. The molecule has 5 rings (SSSR count). The molecule has 1 atom stereocenters. The number of hydrogen-bond acceptors (Lipinski definition) is 5. The molecule has 0 spiro atoms. The van der Waals surface area contributed by atoms with Gasteiger partial charge >= 0.3 is 0 Å².